The predicted octanol–water partition coefficient (Wildman–Crippen LogP) is 2.24. The second kappa shape index (κ2) is 6.41. The monoisotopic (exact) mass is 198 g/mol. The van der Waals surface area contributed by atoms with Crippen LogP contribution in [-0.4, -0.2) is 31.1 Å². The first-order valence-corrected chi connectivity index (χ1v) is 6.12. The Balaban J connectivity index is 2.09. The van der Waals surface area contributed by atoms with Gasteiger partial charge in [0.15, 0.2) is 0 Å². The molecule has 0 aliphatic heterocycles. The van der Waals surface area contributed by atoms with Crippen molar-refractivity contribution in [3.8, 4) is 0 Å². The average molecular weight is 198 g/mol. The molecule has 0 bridgehead atoms. The Hall–Kier alpha value is -0.0800. The lowest BCUT2D eigenvalue weighted by atomic mass is 9.89. The van der Waals surface area contributed by atoms with Crippen LogP contribution >= 0.6 is 0 Å². The van der Waals surface area contributed by atoms with Gasteiger partial charge >= 0.3 is 0 Å². The summed E-state index contributed by atoms with van der Waals surface area (Å²) in [5.41, 5.74) is 5.75. The van der Waals surface area contributed by atoms with Crippen LogP contribution in [-0.2, 0) is 0 Å². The van der Waals surface area contributed by atoms with Crippen molar-refractivity contribution in [3.63, 3.8) is 0 Å². The molecule has 84 valence electrons. The van der Waals surface area contributed by atoms with E-state index in [1.54, 1.807) is 0 Å². The van der Waals surface area contributed by atoms with Crippen LogP contribution < -0.4 is 5.73 Å². The van der Waals surface area contributed by atoms with E-state index in [1.807, 2.05) is 0 Å². The molecule has 14 heavy (non-hydrogen) atoms. The zero-order valence-electron chi connectivity index (χ0n) is 9.84. The van der Waals surface area contributed by atoms with E-state index in [4.69, 9.17) is 5.73 Å². The summed E-state index contributed by atoms with van der Waals surface area (Å²) in [6.45, 7) is 4.54. The van der Waals surface area contributed by atoms with E-state index in [1.165, 1.54) is 38.6 Å². The van der Waals surface area contributed by atoms with Gasteiger partial charge in [0, 0.05) is 12.6 Å². The minimum absolute atomic E-state index is 0.351. The molecule has 0 aromatic rings. The van der Waals surface area contributed by atoms with Crippen molar-refractivity contribution in [2.24, 2.45) is 11.7 Å². The summed E-state index contributed by atoms with van der Waals surface area (Å²) in [4.78, 5) is 2.46. The molecule has 0 radical (unpaired) electrons. The van der Waals surface area contributed by atoms with Gasteiger partial charge in [-0.25, -0.2) is 0 Å². The van der Waals surface area contributed by atoms with Crippen LogP contribution in [0, 0.1) is 5.92 Å². The number of rotatable bonds is 5. The van der Waals surface area contributed by atoms with E-state index >= 15 is 0 Å². The zero-order chi connectivity index (χ0) is 10.4. The molecule has 1 unspecified atom stereocenters. The molecule has 0 aromatic heterocycles. The van der Waals surface area contributed by atoms with Gasteiger partial charge in [-0.2, -0.15) is 0 Å². The molecule has 1 fully saturated rings. The van der Waals surface area contributed by atoms with Gasteiger partial charge in [-0.05, 0) is 45.7 Å². The van der Waals surface area contributed by atoms with Crippen LogP contribution in [0.25, 0.3) is 0 Å². The predicted molar refractivity (Wildman–Crippen MR) is 62.3 cm³/mol. The lowest BCUT2D eigenvalue weighted by Gasteiger charge is -2.27. The largest absolute Gasteiger partial charge is 0.328 e. The Morgan fingerprint density at radius 1 is 1.29 bits per heavy atom. The Bertz CT molecular complexity index is 139. The van der Waals surface area contributed by atoms with Gasteiger partial charge in [-0.15, -0.1) is 0 Å². The van der Waals surface area contributed by atoms with Gasteiger partial charge in [0.1, 0.15) is 0 Å². The molecule has 0 heterocycles. The maximum atomic E-state index is 5.75. The van der Waals surface area contributed by atoms with Crippen LogP contribution in [0.3, 0.4) is 0 Å². The second-order valence-corrected chi connectivity index (χ2v) is 5.03. The van der Waals surface area contributed by atoms with Gasteiger partial charge < -0.3 is 10.6 Å². The summed E-state index contributed by atoms with van der Waals surface area (Å²) in [5.74, 6) is 0.960. The summed E-state index contributed by atoms with van der Waals surface area (Å²) in [6.07, 6.45) is 8.38. The molecule has 1 aliphatic rings. The van der Waals surface area contributed by atoms with E-state index in [0.29, 0.717) is 6.04 Å². The highest BCUT2D eigenvalue weighted by atomic mass is 15.1. The smallest absolute Gasteiger partial charge is 0.00226 e. The molecule has 0 saturated heterocycles. The zero-order valence-corrected chi connectivity index (χ0v) is 9.84. The van der Waals surface area contributed by atoms with E-state index < -0.39 is 0 Å². The SMILES string of the molecule is CC(N)CCN(C)CC1CCCCC1. The maximum absolute atomic E-state index is 5.75. The van der Waals surface area contributed by atoms with Crippen LogP contribution in [0.2, 0.25) is 0 Å². The number of hydrogen-bond donors (Lipinski definition) is 1. The fraction of sp³-hybridized carbons (Fsp3) is 1.00. The van der Waals surface area contributed by atoms with E-state index in [9.17, 15) is 0 Å². The normalized spacial score (nSPS) is 21.4. The van der Waals surface area contributed by atoms with Crippen molar-refractivity contribution >= 4 is 0 Å². The number of hydrogen-bond acceptors (Lipinski definition) is 2. The molecular formula is C12H26N2. The third-order valence-corrected chi connectivity index (χ3v) is 3.26. The third kappa shape index (κ3) is 4.97. The Morgan fingerprint density at radius 3 is 2.50 bits per heavy atom. The minimum atomic E-state index is 0.351. The van der Waals surface area contributed by atoms with Gasteiger partial charge in [0.25, 0.3) is 0 Å². The van der Waals surface area contributed by atoms with Crippen molar-refractivity contribution in [1.82, 2.24) is 4.90 Å². The maximum Gasteiger partial charge on any atom is 0.00226 e. The average Bonchev–Trinajstić information content (AvgIpc) is 2.16. The molecule has 2 nitrogen and oxygen atoms in total. The standard InChI is InChI=1S/C12H26N2/c1-11(13)8-9-14(2)10-12-6-4-3-5-7-12/h11-12H,3-10,13H2,1-2H3. The van der Waals surface area contributed by atoms with Crippen LogP contribution in [0.5, 0.6) is 0 Å². The van der Waals surface area contributed by atoms with E-state index in [-0.39, 0.29) is 0 Å². The quantitative estimate of drug-likeness (QED) is 0.734. The summed E-state index contributed by atoms with van der Waals surface area (Å²) in [7, 11) is 2.23. The molecule has 2 N–H and O–H groups in total. The molecule has 2 heteroatoms. The first-order chi connectivity index (χ1) is 6.68. The Morgan fingerprint density at radius 2 is 1.93 bits per heavy atom. The van der Waals surface area contributed by atoms with Crippen molar-refractivity contribution in [3.05, 3.63) is 0 Å². The Kier molecular flexibility index (Phi) is 5.49. The lowest BCUT2D eigenvalue weighted by molar-refractivity contribution is 0.229. The van der Waals surface area contributed by atoms with Crippen LogP contribution in [0.1, 0.15) is 45.4 Å². The summed E-state index contributed by atoms with van der Waals surface area (Å²) in [5, 5.41) is 0. The lowest BCUT2D eigenvalue weighted by Crippen LogP contribution is -2.31. The molecule has 0 spiro atoms. The van der Waals surface area contributed by atoms with Crippen molar-refractivity contribution in [2.75, 3.05) is 20.1 Å². The van der Waals surface area contributed by atoms with Gasteiger partial charge in [-0.3, -0.25) is 0 Å². The molecule has 0 amide bonds. The van der Waals surface area contributed by atoms with Crippen LogP contribution in [0.4, 0.5) is 0 Å². The first kappa shape index (κ1) is 12.0. The Labute approximate surface area is 88.8 Å². The fourth-order valence-corrected chi connectivity index (χ4v) is 2.33. The highest BCUT2D eigenvalue weighted by Gasteiger charge is 2.15. The van der Waals surface area contributed by atoms with Crippen LogP contribution in [0.15, 0.2) is 0 Å². The van der Waals surface area contributed by atoms with E-state index in [2.05, 4.69) is 18.9 Å². The van der Waals surface area contributed by atoms with Gasteiger partial charge in [0.2, 0.25) is 0 Å². The fourth-order valence-electron chi connectivity index (χ4n) is 2.33. The summed E-state index contributed by atoms with van der Waals surface area (Å²) in [6, 6.07) is 0.351. The van der Waals surface area contributed by atoms with E-state index in [0.717, 1.165) is 18.9 Å². The molecule has 1 rings (SSSR count). The minimum Gasteiger partial charge on any atom is -0.328 e. The van der Waals surface area contributed by atoms with Gasteiger partial charge in [0.05, 0.1) is 0 Å². The third-order valence-electron chi connectivity index (χ3n) is 3.26. The summed E-state index contributed by atoms with van der Waals surface area (Å²) < 4.78 is 0. The van der Waals surface area contributed by atoms with Crippen molar-refractivity contribution < 1.29 is 0 Å². The van der Waals surface area contributed by atoms with Crippen molar-refractivity contribution in [2.45, 2.75) is 51.5 Å². The molecule has 1 aliphatic carbocycles. The highest BCUT2D eigenvalue weighted by Crippen LogP contribution is 2.23. The highest BCUT2D eigenvalue weighted by molar-refractivity contribution is 4.69. The van der Waals surface area contributed by atoms with Crippen molar-refractivity contribution in [1.29, 1.82) is 0 Å². The summed E-state index contributed by atoms with van der Waals surface area (Å²) >= 11 is 0. The number of nitrogens with zero attached hydrogens (tertiary/aromatic N) is 1. The molecule has 0 aromatic carbocycles. The molecule has 1 saturated carbocycles. The molecular weight excluding hydrogens is 172 g/mol. The first-order valence-electron chi connectivity index (χ1n) is 6.12. The number of nitrogens with two attached hydrogens (primary N) is 1. The second-order valence-electron chi connectivity index (χ2n) is 5.03. The topological polar surface area (TPSA) is 29.3 Å². The van der Waals surface area contributed by atoms with Gasteiger partial charge in [-0.1, -0.05) is 19.3 Å². The molecule has 1 atom stereocenters.